The van der Waals surface area contributed by atoms with Crippen molar-refractivity contribution in [3.63, 3.8) is 0 Å². The first-order valence-electron chi connectivity index (χ1n) is 5.88. The number of carboxylic acid groups (broad SMARTS) is 1. The molecule has 0 aromatic heterocycles. The van der Waals surface area contributed by atoms with Crippen molar-refractivity contribution in [2.45, 2.75) is 18.9 Å². The van der Waals surface area contributed by atoms with Crippen LogP contribution < -0.4 is 4.90 Å². The maximum Gasteiger partial charge on any atom is 0.323 e. The summed E-state index contributed by atoms with van der Waals surface area (Å²) in [6.07, 6.45) is 1.98. The number of nitrogens with zero attached hydrogens (tertiary/aromatic N) is 1. The van der Waals surface area contributed by atoms with E-state index < -0.39 is 5.97 Å². The minimum atomic E-state index is -0.806. The third-order valence-corrected chi connectivity index (χ3v) is 2.97. The predicted molar refractivity (Wildman–Crippen MR) is 65.3 cm³/mol. The molecule has 92 valence electrons. The van der Waals surface area contributed by atoms with Crippen LogP contribution in [-0.4, -0.2) is 36.9 Å². The van der Waals surface area contributed by atoms with Crippen LogP contribution in [0.25, 0.3) is 0 Å². The van der Waals surface area contributed by atoms with Gasteiger partial charge >= 0.3 is 5.97 Å². The van der Waals surface area contributed by atoms with E-state index in [0.29, 0.717) is 6.61 Å². The Morgan fingerprint density at radius 3 is 2.76 bits per heavy atom. The molecule has 0 radical (unpaired) electrons. The highest BCUT2D eigenvalue weighted by atomic mass is 16.5. The third-order valence-electron chi connectivity index (χ3n) is 2.97. The van der Waals surface area contributed by atoms with Gasteiger partial charge in [-0.25, -0.2) is 0 Å². The highest BCUT2D eigenvalue weighted by molar-refractivity contribution is 5.74. The predicted octanol–water partition coefficient (Wildman–Crippen LogP) is 1.76. The van der Waals surface area contributed by atoms with Gasteiger partial charge in [0.1, 0.15) is 6.54 Å². The van der Waals surface area contributed by atoms with Crippen molar-refractivity contribution in [3.8, 4) is 0 Å². The fourth-order valence-electron chi connectivity index (χ4n) is 2.17. The van der Waals surface area contributed by atoms with Crippen LogP contribution in [-0.2, 0) is 9.53 Å². The summed E-state index contributed by atoms with van der Waals surface area (Å²) in [7, 11) is 0. The zero-order valence-electron chi connectivity index (χ0n) is 9.71. The number of para-hydroxylation sites is 1. The van der Waals surface area contributed by atoms with Crippen LogP contribution in [0, 0.1) is 0 Å². The normalized spacial score (nSPS) is 19.9. The van der Waals surface area contributed by atoms with Gasteiger partial charge in [-0.15, -0.1) is 0 Å². The zero-order valence-corrected chi connectivity index (χ0v) is 9.71. The molecule has 1 unspecified atom stereocenters. The van der Waals surface area contributed by atoms with Gasteiger partial charge in [0.05, 0.1) is 12.6 Å². The zero-order chi connectivity index (χ0) is 12.1. The molecule has 1 aromatic rings. The Morgan fingerprint density at radius 2 is 2.18 bits per heavy atom. The molecule has 0 amide bonds. The molecule has 17 heavy (non-hydrogen) atoms. The Kier molecular flexibility index (Phi) is 3.98. The molecule has 2 rings (SSSR count). The first kappa shape index (κ1) is 11.9. The Labute approximate surface area is 101 Å². The number of hydrogen-bond acceptors (Lipinski definition) is 3. The quantitative estimate of drug-likeness (QED) is 0.864. The Balaban J connectivity index is 2.15. The smallest absolute Gasteiger partial charge is 0.323 e. The lowest BCUT2D eigenvalue weighted by atomic mass is 10.1. The van der Waals surface area contributed by atoms with Crippen molar-refractivity contribution < 1.29 is 14.6 Å². The molecule has 1 aliphatic heterocycles. The van der Waals surface area contributed by atoms with Gasteiger partial charge < -0.3 is 14.7 Å². The average molecular weight is 235 g/mol. The molecular formula is C13H17NO3. The van der Waals surface area contributed by atoms with E-state index in [4.69, 9.17) is 9.84 Å². The summed E-state index contributed by atoms with van der Waals surface area (Å²) in [5.74, 6) is -0.806. The number of ether oxygens (including phenoxy) is 1. The van der Waals surface area contributed by atoms with E-state index in [1.54, 1.807) is 0 Å². The van der Waals surface area contributed by atoms with Crippen molar-refractivity contribution in [1.82, 2.24) is 0 Å². The number of aliphatic carboxylic acids is 1. The second-order valence-electron chi connectivity index (χ2n) is 4.23. The van der Waals surface area contributed by atoms with Crippen LogP contribution in [0.4, 0.5) is 5.69 Å². The van der Waals surface area contributed by atoms with Gasteiger partial charge in [0, 0.05) is 12.3 Å². The molecule has 1 aromatic carbocycles. The molecule has 4 nitrogen and oxygen atoms in total. The van der Waals surface area contributed by atoms with Gasteiger partial charge in [-0.3, -0.25) is 4.79 Å². The van der Waals surface area contributed by atoms with Crippen molar-refractivity contribution in [3.05, 3.63) is 30.3 Å². The lowest BCUT2D eigenvalue weighted by Gasteiger charge is -2.34. The van der Waals surface area contributed by atoms with E-state index in [1.165, 1.54) is 0 Å². The second-order valence-corrected chi connectivity index (χ2v) is 4.23. The SMILES string of the molecule is O=C(O)CN(c1ccccc1)C1CCCOC1. The van der Waals surface area contributed by atoms with Gasteiger partial charge in [0.15, 0.2) is 0 Å². The van der Waals surface area contributed by atoms with Crippen LogP contribution in [0.1, 0.15) is 12.8 Å². The van der Waals surface area contributed by atoms with E-state index in [0.717, 1.165) is 25.1 Å². The van der Waals surface area contributed by atoms with Crippen molar-refractivity contribution >= 4 is 11.7 Å². The van der Waals surface area contributed by atoms with Gasteiger partial charge in [-0.1, -0.05) is 18.2 Å². The molecule has 0 bridgehead atoms. The fourth-order valence-corrected chi connectivity index (χ4v) is 2.17. The van der Waals surface area contributed by atoms with Crippen molar-refractivity contribution in [1.29, 1.82) is 0 Å². The molecule has 1 atom stereocenters. The molecule has 1 N–H and O–H groups in total. The molecular weight excluding hydrogens is 218 g/mol. The highest BCUT2D eigenvalue weighted by Gasteiger charge is 2.23. The summed E-state index contributed by atoms with van der Waals surface area (Å²) in [4.78, 5) is 12.9. The molecule has 0 aliphatic carbocycles. The first-order chi connectivity index (χ1) is 8.27. The summed E-state index contributed by atoms with van der Waals surface area (Å²) in [5.41, 5.74) is 0.949. The van der Waals surface area contributed by atoms with Crippen LogP contribution in [0.3, 0.4) is 0 Å². The molecule has 0 spiro atoms. The summed E-state index contributed by atoms with van der Waals surface area (Å²) in [5, 5.41) is 8.99. The van der Waals surface area contributed by atoms with E-state index in [2.05, 4.69) is 0 Å². The average Bonchev–Trinajstić information content (AvgIpc) is 2.38. The number of benzene rings is 1. The monoisotopic (exact) mass is 235 g/mol. The Bertz CT molecular complexity index is 360. The molecule has 1 saturated heterocycles. The summed E-state index contributed by atoms with van der Waals surface area (Å²) in [6.45, 7) is 1.42. The van der Waals surface area contributed by atoms with E-state index in [9.17, 15) is 4.79 Å². The van der Waals surface area contributed by atoms with Crippen molar-refractivity contribution in [2.75, 3.05) is 24.7 Å². The van der Waals surface area contributed by atoms with E-state index in [1.807, 2.05) is 35.2 Å². The molecule has 1 heterocycles. The molecule has 1 fully saturated rings. The molecule has 4 heteroatoms. The molecule has 1 aliphatic rings. The lowest BCUT2D eigenvalue weighted by molar-refractivity contribution is -0.135. The maximum absolute atomic E-state index is 10.9. The summed E-state index contributed by atoms with van der Waals surface area (Å²) < 4.78 is 5.43. The van der Waals surface area contributed by atoms with E-state index in [-0.39, 0.29) is 12.6 Å². The van der Waals surface area contributed by atoms with Gasteiger partial charge in [-0.2, -0.15) is 0 Å². The molecule has 0 saturated carbocycles. The standard InChI is InChI=1S/C13H17NO3/c15-13(16)9-14(11-5-2-1-3-6-11)12-7-4-8-17-10-12/h1-3,5-6,12H,4,7-10H2,(H,15,16). The van der Waals surface area contributed by atoms with Gasteiger partial charge in [0.25, 0.3) is 0 Å². The maximum atomic E-state index is 10.9. The largest absolute Gasteiger partial charge is 0.480 e. The van der Waals surface area contributed by atoms with Gasteiger partial charge in [-0.05, 0) is 25.0 Å². The number of rotatable bonds is 4. The minimum absolute atomic E-state index is 0.0258. The summed E-state index contributed by atoms with van der Waals surface area (Å²) >= 11 is 0. The third kappa shape index (κ3) is 3.20. The summed E-state index contributed by atoms with van der Waals surface area (Å²) in [6, 6.07) is 9.83. The minimum Gasteiger partial charge on any atom is -0.480 e. The highest BCUT2D eigenvalue weighted by Crippen LogP contribution is 2.21. The Morgan fingerprint density at radius 1 is 1.41 bits per heavy atom. The van der Waals surface area contributed by atoms with Crippen molar-refractivity contribution in [2.24, 2.45) is 0 Å². The topological polar surface area (TPSA) is 49.8 Å². The number of carbonyl (C=O) groups is 1. The Hall–Kier alpha value is -1.55. The van der Waals surface area contributed by atoms with Crippen LogP contribution >= 0.6 is 0 Å². The van der Waals surface area contributed by atoms with E-state index >= 15 is 0 Å². The first-order valence-corrected chi connectivity index (χ1v) is 5.88. The van der Waals surface area contributed by atoms with Crippen LogP contribution in [0.15, 0.2) is 30.3 Å². The lowest BCUT2D eigenvalue weighted by Crippen LogP contribution is -2.44. The second kappa shape index (κ2) is 5.68. The van der Waals surface area contributed by atoms with Crippen LogP contribution in [0.5, 0.6) is 0 Å². The van der Waals surface area contributed by atoms with Crippen LogP contribution in [0.2, 0.25) is 0 Å². The number of anilines is 1. The number of hydrogen-bond donors (Lipinski definition) is 1. The fraction of sp³-hybridized carbons (Fsp3) is 0.462. The van der Waals surface area contributed by atoms with Gasteiger partial charge in [0.2, 0.25) is 0 Å². The number of carboxylic acids is 1.